The third-order valence-electron chi connectivity index (χ3n) is 5.00. The van der Waals surface area contributed by atoms with Crippen molar-refractivity contribution < 1.29 is 9.53 Å². The quantitative estimate of drug-likeness (QED) is 0.789. The maximum atomic E-state index is 12.3. The van der Waals surface area contributed by atoms with Crippen LogP contribution in [0.25, 0.3) is 0 Å². The van der Waals surface area contributed by atoms with Crippen molar-refractivity contribution in [2.45, 2.75) is 51.2 Å². The summed E-state index contributed by atoms with van der Waals surface area (Å²) in [5.41, 5.74) is 0.339. The third kappa shape index (κ3) is 2.28. The lowest BCUT2D eigenvalue weighted by molar-refractivity contribution is -0.124. The van der Waals surface area contributed by atoms with Crippen LogP contribution in [-0.2, 0) is 9.53 Å². The average molecular weight is 252 g/mol. The van der Waals surface area contributed by atoms with E-state index in [1.54, 1.807) is 0 Å². The van der Waals surface area contributed by atoms with Crippen molar-refractivity contribution in [3.8, 4) is 0 Å². The summed E-state index contributed by atoms with van der Waals surface area (Å²) in [4.78, 5) is 12.3. The van der Waals surface area contributed by atoms with Crippen molar-refractivity contribution >= 4 is 5.91 Å². The molecule has 0 bridgehead atoms. The van der Waals surface area contributed by atoms with Gasteiger partial charge < -0.3 is 15.4 Å². The summed E-state index contributed by atoms with van der Waals surface area (Å²) in [6.45, 7) is 5.07. The van der Waals surface area contributed by atoms with Crippen LogP contribution in [0.4, 0.5) is 0 Å². The number of rotatable bonds is 3. The molecule has 2 aliphatic heterocycles. The van der Waals surface area contributed by atoms with E-state index in [-0.39, 0.29) is 24.0 Å². The van der Waals surface area contributed by atoms with Gasteiger partial charge in [-0.15, -0.1) is 0 Å². The van der Waals surface area contributed by atoms with Crippen LogP contribution in [0.5, 0.6) is 0 Å². The van der Waals surface area contributed by atoms with E-state index in [2.05, 4.69) is 17.6 Å². The van der Waals surface area contributed by atoms with Crippen LogP contribution < -0.4 is 10.6 Å². The molecule has 4 nitrogen and oxygen atoms in total. The molecule has 102 valence electrons. The molecule has 3 atom stereocenters. The largest absolute Gasteiger partial charge is 0.376 e. The monoisotopic (exact) mass is 252 g/mol. The SMILES string of the molecule is CC(NC(=O)C1CC12CCNCC2)C1CCCO1. The zero-order chi connectivity index (χ0) is 12.6. The number of piperidine rings is 1. The van der Waals surface area contributed by atoms with Crippen molar-refractivity contribution in [1.29, 1.82) is 0 Å². The first-order chi connectivity index (χ1) is 8.71. The Morgan fingerprint density at radius 3 is 2.89 bits per heavy atom. The van der Waals surface area contributed by atoms with Crippen LogP contribution in [0.1, 0.15) is 39.0 Å². The van der Waals surface area contributed by atoms with E-state index in [1.807, 2.05) is 0 Å². The van der Waals surface area contributed by atoms with Crippen molar-refractivity contribution in [2.24, 2.45) is 11.3 Å². The second-order valence-corrected chi connectivity index (χ2v) is 6.22. The number of nitrogens with one attached hydrogen (secondary N) is 2. The van der Waals surface area contributed by atoms with Gasteiger partial charge in [0.25, 0.3) is 0 Å². The van der Waals surface area contributed by atoms with Crippen LogP contribution in [-0.4, -0.2) is 37.7 Å². The number of hydrogen-bond acceptors (Lipinski definition) is 3. The molecule has 2 N–H and O–H groups in total. The summed E-state index contributed by atoms with van der Waals surface area (Å²) >= 11 is 0. The fourth-order valence-electron chi connectivity index (χ4n) is 3.61. The van der Waals surface area contributed by atoms with Gasteiger partial charge in [0.1, 0.15) is 0 Å². The third-order valence-corrected chi connectivity index (χ3v) is 5.00. The number of carbonyl (C=O) groups excluding carboxylic acids is 1. The first-order valence-corrected chi connectivity index (χ1v) is 7.34. The minimum atomic E-state index is 0.166. The Balaban J connectivity index is 1.50. The highest BCUT2D eigenvalue weighted by Gasteiger charge is 2.57. The van der Waals surface area contributed by atoms with Crippen molar-refractivity contribution in [3.05, 3.63) is 0 Å². The van der Waals surface area contributed by atoms with E-state index < -0.39 is 0 Å². The molecule has 3 rings (SSSR count). The second kappa shape index (κ2) is 4.82. The predicted octanol–water partition coefficient (Wildman–Crippen LogP) is 1.06. The molecule has 3 unspecified atom stereocenters. The fraction of sp³-hybridized carbons (Fsp3) is 0.929. The van der Waals surface area contributed by atoms with E-state index >= 15 is 0 Å². The smallest absolute Gasteiger partial charge is 0.223 e. The van der Waals surface area contributed by atoms with Gasteiger partial charge in [-0.2, -0.15) is 0 Å². The summed E-state index contributed by atoms with van der Waals surface area (Å²) in [5.74, 6) is 0.531. The highest BCUT2D eigenvalue weighted by molar-refractivity contribution is 5.82. The van der Waals surface area contributed by atoms with E-state index in [4.69, 9.17) is 4.74 Å². The lowest BCUT2D eigenvalue weighted by atomic mass is 9.91. The van der Waals surface area contributed by atoms with Crippen LogP contribution in [0.3, 0.4) is 0 Å². The molecule has 0 aromatic carbocycles. The highest BCUT2D eigenvalue weighted by Crippen LogP contribution is 2.58. The Kier molecular flexibility index (Phi) is 3.32. The van der Waals surface area contributed by atoms with Gasteiger partial charge in [-0.25, -0.2) is 0 Å². The van der Waals surface area contributed by atoms with Gasteiger partial charge in [-0.05, 0) is 57.5 Å². The summed E-state index contributed by atoms with van der Waals surface area (Å²) in [6.07, 6.45) is 5.87. The molecule has 1 saturated carbocycles. The van der Waals surface area contributed by atoms with Gasteiger partial charge in [0, 0.05) is 12.5 Å². The zero-order valence-corrected chi connectivity index (χ0v) is 11.2. The highest BCUT2D eigenvalue weighted by atomic mass is 16.5. The molecule has 3 aliphatic rings. The summed E-state index contributed by atoms with van der Waals surface area (Å²) in [7, 11) is 0. The minimum absolute atomic E-state index is 0.166. The van der Waals surface area contributed by atoms with Crippen LogP contribution in [0.15, 0.2) is 0 Å². The van der Waals surface area contributed by atoms with Gasteiger partial charge in [0.15, 0.2) is 0 Å². The Labute approximate surface area is 109 Å². The first-order valence-electron chi connectivity index (χ1n) is 7.34. The number of carbonyl (C=O) groups is 1. The van der Waals surface area contributed by atoms with E-state index in [9.17, 15) is 4.79 Å². The molecule has 4 heteroatoms. The molecule has 0 aromatic rings. The Morgan fingerprint density at radius 2 is 2.22 bits per heavy atom. The molecular formula is C14H24N2O2. The molecule has 2 saturated heterocycles. The van der Waals surface area contributed by atoms with E-state index in [0.717, 1.165) is 39.0 Å². The Bertz CT molecular complexity index is 320. The number of ether oxygens (including phenoxy) is 1. The lowest BCUT2D eigenvalue weighted by Crippen LogP contribution is -2.43. The van der Waals surface area contributed by atoms with E-state index in [1.165, 1.54) is 12.8 Å². The van der Waals surface area contributed by atoms with Gasteiger partial charge in [-0.1, -0.05) is 0 Å². The topological polar surface area (TPSA) is 50.4 Å². The maximum absolute atomic E-state index is 12.3. The maximum Gasteiger partial charge on any atom is 0.223 e. The molecule has 3 fully saturated rings. The lowest BCUT2D eigenvalue weighted by Gasteiger charge is -2.24. The van der Waals surface area contributed by atoms with E-state index in [0.29, 0.717) is 5.41 Å². The van der Waals surface area contributed by atoms with Crippen molar-refractivity contribution in [1.82, 2.24) is 10.6 Å². The average Bonchev–Trinajstić information content (AvgIpc) is 2.84. The number of hydrogen-bond donors (Lipinski definition) is 2. The second-order valence-electron chi connectivity index (χ2n) is 6.22. The zero-order valence-electron chi connectivity index (χ0n) is 11.2. The fourth-order valence-corrected chi connectivity index (χ4v) is 3.61. The standard InChI is InChI=1S/C14H24N2O2/c1-10(12-3-2-8-18-12)16-13(17)11-9-14(11)4-6-15-7-5-14/h10-12,15H,2-9H2,1H3,(H,16,17). The predicted molar refractivity (Wildman–Crippen MR) is 69.2 cm³/mol. The van der Waals surface area contributed by atoms with Gasteiger partial charge in [0.05, 0.1) is 12.1 Å². The summed E-state index contributed by atoms with van der Waals surface area (Å²) in [6, 6.07) is 0.166. The minimum Gasteiger partial charge on any atom is -0.376 e. The normalized spacial score (nSPS) is 35.4. The number of amides is 1. The molecule has 0 radical (unpaired) electrons. The Hall–Kier alpha value is -0.610. The van der Waals surface area contributed by atoms with Crippen molar-refractivity contribution in [2.75, 3.05) is 19.7 Å². The molecule has 0 aromatic heterocycles. The molecule has 1 spiro atoms. The van der Waals surface area contributed by atoms with Crippen LogP contribution in [0, 0.1) is 11.3 Å². The Morgan fingerprint density at radius 1 is 1.44 bits per heavy atom. The summed E-state index contributed by atoms with van der Waals surface area (Å²) in [5, 5.41) is 6.54. The van der Waals surface area contributed by atoms with Crippen LogP contribution in [0.2, 0.25) is 0 Å². The van der Waals surface area contributed by atoms with Gasteiger partial charge in [-0.3, -0.25) is 4.79 Å². The molecular weight excluding hydrogens is 228 g/mol. The van der Waals surface area contributed by atoms with Gasteiger partial charge in [0.2, 0.25) is 5.91 Å². The molecule has 2 heterocycles. The molecule has 1 amide bonds. The molecule has 1 aliphatic carbocycles. The van der Waals surface area contributed by atoms with Crippen LogP contribution >= 0.6 is 0 Å². The summed E-state index contributed by atoms with van der Waals surface area (Å²) < 4.78 is 5.63. The first kappa shape index (κ1) is 12.4. The van der Waals surface area contributed by atoms with Crippen molar-refractivity contribution in [3.63, 3.8) is 0 Å². The van der Waals surface area contributed by atoms with Gasteiger partial charge >= 0.3 is 0 Å². The molecule has 18 heavy (non-hydrogen) atoms.